The van der Waals surface area contributed by atoms with Crippen LogP contribution in [0.1, 0.15) is 74.1 Å². The van der Waals surface area contributed by atoms with E-state index in [1.54, 1.807) is 4.90 Å². The topological polar surface area (TPSA) is 86.8 Å². The molecule has 0 bridgehead atoms. The van der Waals surface area contributed by atoms with E-state index in [9.17, 15) is 18.0 Å². The molecule has 0 aromatic heterocycles. The summed E-state index contributed by atoms with van der Waals surface area (Å²) in [5.41, 5.74) is 4.63. The van der Waals surface area contributed by atoms with Gasteiger partial charge in [-0.3, -0.25) is 13.9 Å². The molecule has 2 amide bonds. The molecule has 1 aliphatic carbocycles. The number of hydrogen-bond donors (Lipinski definition) is 1. The summed E-state index contributed by atoms with van der Waals surface area (Å²) in [6.45, 7) is 8.34. The molecular weight excluding hydrogens is 498 g/mol. The second-order valence-electron chi connectivity index (χ2n) is 10.7. The third-order valence-corrected chi connectivity index (χ3v) is 8.36. The van der Waals surface area contributed by atoms with Crippen molar-refractivity contribution in [3.63, 3.8) is 0 Å². The Morgan fingerprint density at radius 1 is 1.00 bits per heavy atom. The number of nitrogens with one attached hydrogen (secondary N) is 1. The van der Waals surface area contributed by atoms with Crippen LogP contribution < -0.4 is 9.62 Å². The van der Waals surface area contributed by atoms with Crippen molar-refractivity contribution in [2.24, 2.45) is 0 Å². The number of anilines is 1. The minimum Gasteiger partial charge on any atom is -0.352 e. The van der Waals surface area contributed by atoms with Crippen LogP contribution in [0.5, 0.6) is 0 Å². The zero-order chi connectivity index (χ0) is 27.9. The van der Waals surface area contributed by atoms with Crippen molar-refractivity contribution < 1.29 is 18.0 Å². The van der Waals surface area contributed by atoms with Gasteiger partial charge in [0, 0.05) is 25.6 Å². The molecule has 1 atom stereocenters. The van der Waals surface area contributed by atoms with Gasteiger partial charge in [-0.2, -0.15) is 0 Å². The molecule has 208 valence electrons. The third-order valence-electron chi connectivity index (χ3n) is 7.17. The van der Waals surface area contributed by atoms with E-state index < -0.39 is 16.1 Å². The number of carbonyl (C=O) groups is 2. The highest BCUT2D eigenvalue weighted by Gasteiger charge is 2.30. The van der Waals surface area contributed by atoms with Gasteiger partial charge in [0.15, 0.2) is 0 Å². The molecule has 0 saturated heterocycles. The van der Waals surface area contributed by atoms with Crippen LogP contribution in [0, 0.1) is 20.8 Å². The predicted molar refractivity (Wildman–Crippen MR) is 154 cm³/mol. The van der Waals surface area contributed by atoms with Crippen LogP contribution in [0.3, 0.4) is 0 Å². The van der Waals surface area contributed by atoms with Gasteiger partial charge in [0.05, 0.1) is 11.9 Å². The van der Waals surface area contributed by atoms with E-state index in [-0.39, 0.29) is 30.8 Å². The lowest BCUT2D eigenvalue weighted by molar-refractivity contribution is -0.141. The third kappa shape index (κ3) is 8.32. The zero-order valence-electron chi connectivity index (χ0n) is 23.5. The van der Waals surface area contributed by atoms with Gasteiger partial charge in [-0.05, 0) is 75.3 Å². The van der Waals surface area contributed by atoms with Gasteiger partial charge in [-0.15, -0.1) is 0 Å². The van der Waals surface area contributed by atoms with Gasteiger partial charge < -0.3 is 10.2 Å². The molecule has 0 spiro atoms. The van der Waals surface area contributed by atoms with E-state index >= 15 is 0 Å². The maximum atomic E-state index is 13.6. The van der Waals surface area contributed by atoms with Gasteiger partial charge in [-0.25, -0.2) is 8.42 Å². The summed E-state index contributed by atoms with van der Waals surface area (Å²) < 4.78 is 26.6. The zero-order valence-corrected chi connectivity index (χ0v) is 24.3. The van der Waals surface area contributed by atoms with Crippen molar-refractivity contribution in [3.8, 4) is 0 Å². The number of benzene rings is 2. The molecule has 3 rings (SSSR count). The van der Waals surface area contributed by atoms with Crippen LogP contribution in [0.4, 0.5) is 5.69 Å². The largest absolute Gasteiger partial charge is 0.352 e. The average Bonchev–Trinajstić information content (AvgIpc) is 3.33. The van der Waals surface area contributed by atoms with Gasteiger partial charge in [0.1, 0.15) is 6.04 Å². The quantitative estimate of drug-likeness (QED) is 0.409. The van der Waals surface area contributed by atoms with Crippen LogP contribution in [0.25, 0.3) is 0 Å². The van der Waals surface area contributed by atoms with Crippen LogP contribution in [0.15, 0.2) is 42.5 Å². The Morgan fingerprint density at radius 3 is 2.24 bits per heavy atom. The molecule has 1 aliphatic rings. The van der Waals surface area contributed by atoms with Crippen molar-refractivity contribution in [2.75, 3.05) is 17.1 Å². The lowest BCUT2D eigenvalue weighted by atomic mass is 10.1. The monoisotopic (exact) mass is 541 g/mol. The summed E-state index contributed by atoms with van der Waals surface area (Å²) in [7, 11) is -3.53. The van der Waals surface area contributed by atoms with Crippen LogP contribution in [0.2, 0.25) is 0 Å². The van der Waals surface area contributed by atoms with Crippen molar-refractivity contribution in [1.82, 2.24) is 10.2 Å². The Bertz CT molecular complexity index is 1200. The van der Waals surface area contributed by atoms with Gasteiger partial charge >= 0.3 is 0 Å². The number of amides is 2. The Balaban J connectivity index is 1.77. The van der Waals surface area contributed by atoms with Crippen molar-refractivity contribution in [2.45, 2.75) is 91.3 Å². The summed E-state index contributed by atoms with van der Waals surface area (Å²) in [5, 5.41) is 3.17. The highest BCUT2D eigenvalue weighted by atomic mass is 32.2. The fourth-order valence-corrected chi connectivity index (χ4v) is 6.34. The molecular formula is C30H43N3O4S. The number of carbonyl (C=O) groups excluding carboxylic acids is 2. The molecule has 2 aromatic rings. The highest BCUT2D eigenvalue weighted by molar-refractivity contribution is 7.92. The van der Waals surface area contributed by atoms with Crippen molar-refractivity contribution >= 4 is 27.5 Å². The first-order valence-electron chi connectivity index (χ1n) is 13.7. The van der Waals surface area contributed by atoms with E-state index in [4.69, 9.17) is 0 Å². The number of nitrogens with zero attached hydrogens (tertiary/aromatic N) is 2. The second kappa shape index (κ2) is 13.3. The maximum absolute atomic E-state index is 13.6. The first-order chi connectivity index (χ1) is 18.0. The fourth-order valence-electron chi connectivity index (χ4n) is 5.39. The van der Waals surface area contributed by atoms with Crippen LogP contribution in [-0.2, 0) is 26.2 Å². The number of rotatable bonds is 12. The fraction of sp³-hybridized carbons (Fsp3) is 0.533. The molecule has 0 radical (unpaired) electrons. The molecule has 0 unspecified atom stereocenters. The normalized spacial score (nSPS) is 14.8. The minimum atomic E-state index is -3.53. The molecule has 8 heteroatoms. The first-order valence-corrected chi connectivity index (χ1v) is 15.5. The van der Waals surface area contributed by atoms with Crippen LogP contribution in [-0.4, -0.2) is 50.0 Å². The van der Waals surface area contributed by atoms with E-state index in [0.717, 1.165) is 47.9 Å². The Labute approximate surface area is 228 Å². The van der Waals surface area contributed by atoms with Crippen LogP contribution >= 0.6 is 0 Å². The summed E-state index contributed by atoms with van der Waals surface area (Å²) >= 11 is 0. The van der Waals surface area contributed by atoms with E-state index in [0.29, 0.717) is 25.1 Å². The summed E-state index contributed by atoms with van der Waals surface area (Å²) in [6, 6.07) is 13.3. The molecule has 1 fully saturated rings. The van der Waals surface area contributed by atoms with E-state index in [1.165, 1.54) is 10.6 Å². The smallest absolute Gasteiger partial charge is 0.243 e. The average molecular weight is 542 g/mol. The standard InChI is InChI=1S/C30H43N3O4S/c1-6-28(30(35)31-26-13-7-8-14-26)32(21-25-12-9-11-22(2)18-25)29(34)15-10-16-33(38(5,36)37)27-19-23(3)17-24(4)20-27/h9,11-12,17-20,26,28H,6-8,10,13-16,21H2,1-5H3,(H,31,35)/t28-/m0/s1. The van der Waals surface area contributed by atoms with Crippen molar-refractivity contribution in [3.05, 3.63) is 64.7 Å². The molecule has 38 heavy (non-hydrogen) atoms. The van der Waals surface area contributed by atoms with Gasteiger partial charge in [-0.1, -0.05) is 55.7 Å². The molecule has 0 aliphatic heterocycles. The summed E-state index contributed by atoms with van der Waals surface area (Å²) in [5.74, 6) is -0.248. The van der Waals surface area contributed by atoms with E-state index in [1.807, 2.05) is 70.2 Å². The molecule has 7 nitrogen and oxygen atoms in total. The minimum absolute atomic E-state index is 0.103. The predicted octanol–water partition coefficient (Wildman–Crippen LogP) is 5.02. The highest BCUT2D eigenvalue weighted by Crippen LogP contribution is 2.23. The lowest BCUT2D eigenvalue weighted by Crippen LogP contribution is -2.51. The first kappa shape index (κ1) is 29.7. The SMILES string of the molecule is CC[C@@H](C(=O)NC1CCCC1)N(Cc1cccc(C)c1)C(=O)CCCN(c1cc(C)cc(C)c1)S(C)(=O)=O. The summed E-state index contributed by atoms with van der Waals surface area (Å²) in [6.07, 6.45) is 6.39. The van der Waals surface area contributed by atoms with Gasteiger partial charge in [0.2, 0.25) is 21.8 Å². The van der Waals surface area contributed by atoms with Crippen molar-refractivity contribution in [1.29, 1.82) is 0 Å². The molecule has 1 N–H and O–H groups in total. The number of aryl methyl sites for hydroxylation is 3. The number of sulfonamides is 1. The Hall–Kier alpha value is -2.87. The molecule has 2 aromatic carbocycles. The Morgan fingerprint density at radius 2 is 1.66 bits per heavy atom. The van der Waals surface area contributed by atoms with E-state index in [2.05, 4.69) is 5.32 Å². The number of hydrogen-bond acceptors (Lipinski definition) is 4. The molecule has 1 saturated carbocycles. The second-order valence-corrected chi connectivity index (χ2v) is 12.6. The lowest BCUT2D eigenvalue weighted by Gasteiger charge is -2.32. The maximum Gasteiger partial charge on any atom is 0.243 e. The summed E-state index contributed by atoms with van der Waals surface area (Å²) in [4.78, 5) is 28.6. The molecule has 0 heterocycles. The van der Waals surface area contributed by atoms with Gasteiger partial charge in [0.25, 0.3) is 0 Å². The Kier molecular flexibility index (Phi) is 10.4.